The van der Waals surface area contributed by atoms with Crippen molar-refractivity contribution in [3.05, 3.63) is 89.5 Å². The number of aromatic hydroxyl groups is 1. The maximum absolute atomic E-state index is 12.3. The standard InChI is InChI=1S/C23H20N2O5/c1-2-29-21-14-16(15-24-25-22(27)18-10-6-7-11-19(18)26)12-13-20(21)30-23(28)17-8-4-3-5-9-17/h3-15,26H,2H2,1H3,(H,25,27)/b24-15-. The Hall–Kier alpha value is -4.13. The number of phenols is 1. The van der Waals surface area contributed by atoms with Gasteiger partial charge >= 0.3 is 5.97 Å². The third-order valence-electron chi connectivity index (χ3n) is 4.01. The first kappa shape index (κ1) is 20.6. The fourth-order valence-electron chi connectivity index (χ4n) is 2.58. The number of nitrogens with zero attached hydrogens (tertiary/aromatic N) is 1. The molecule has 7 nitrogen and oxygen atoms in total. The van der Waals surface area contributed by atoms with Crippen molar-refractivity contribution < 1.29 is 24.2 Å². The van der Waals surface area contributed by atoms with Crippen LogP contribution in [0.1, 0.15) is 33.2 Å². The molecule has 0 atom stereocenters. The molecule has 0 bridgehead atoms. The Morgan fingerprint density at radius 1 is 1.00 bits per heavy atom. The number of esters is 1. The molecular weight excluding hydrogens is 384 g/mol. The normalized spacial score (nSPS) is 10.6. The summed E-state index contributed by atoms with van der Waals surface area (Å²) in [6.45, 7) is 2.19. The Bertz CT molecular complexity index is 1060. The molecule has 0 saturated heterocycles. The Balaban J connectivity index is 1.71. The van der Waals surface area contributed by atoms with Crippen LogP contribution in [0.25, 0.3) is 0 Å². The van der Waals surface area contributed by atoms with Crippen molar-refractivity contribution in [2.75, 3.05) is 6.61 Å². The minimum Gasteiger partial charge on any atom is -0.507 e. The van der Waals surface area contributed by atoms with Crippen molar-refractivity contribution in [2.24, 2.45) is 5.10 Å². The molecule has 30 heavy (non-hydrogen) atoms. The average Bonchev–Trinajstić information content (AvgIpc) is 2.76. The highest BCUT2D eigenvalue weighted by atomic mass is 16.6. The van der Waals surface area contributed by atoms with Gasteiger partial charge in [0.05, 0.1) is 23.9 Å². The number of phenolic OH excluding ortho intramolecular Hbond substituents is 1. The summed E-state index contributed by atoms with van der Waals surface area (Å²) in [6.07, 6.45) is 1.42. The molecule has 0 aromatic heterocycles. The molecule has 0 aliphatic carbocycles. The van der Waals surface area contributed by atoms with Gasteiger partial charge in [-0.05, 0) is 55.0 Å². The summed E-state index contributed by atoms with van der Waals surface area (Å²) in [5.41, 5.74) is 3.52. The second-order valence-electron chi connectivity index (χ2n) is 6.11. The van der Waals surface area contributed by atoms with E-state index < -0.39 is 11.9 Å². The van der Waals surface area contributed by atoms with Crippen LogP contribution in [0.5, 0.6) is 17.2 Å². The van der Waals surface area contributed by atoms with Crippen LogP contribution in [-0.2, 0) is 0 Å². The third-order valence-corrected chi connectivity index (χ3v) is 4.01. The number of benzene rings is 3. The highest BCUT2D eigenvalue weighted by molar-refractivity contribution is 5.97. The van der Waals surface area contributed by atoms with Crippen LogP contribution in [0.15, 0.2) is 77.9 Å². The molecule has 3 aromatic rings. The van der Waals surface area contributed by atoms with Gasteiger partial charge in [0.2, 0.25) is 0 Å². The second kappa shape index (κ2) is 9.88. The fourth-order valence-corrected chi connectivity index (χ4v) is 2.58. The topological polar surface area (TPSA) is 97.2 Å². The van der Waals surface area contributed by atoms with Gasteiger partial charge in [0.15, 0.2) is 11.5 Å². The van der Waals surface area contributed by atoms with E-state index in [1.54, 1.807) is 54.6 Å². The van der Waals surface area contributed by atoms with E-state index in [4.69, 9.17) is 9.47 Å². The lowest BCUT2D eigenvalue weighted by molar-refractivity contribution is 0.0728. The van der Waals surface area contributed by atoms with E-state index in [-0.39, 0.29) is 17.1 Å². The van der Waals surface area contributed by atoms with Crippen LogP contribution < -0.4 is 14.9 Å². The summed E-state index contributed by atoms with van der Waals surface area (Å²) in [6, 6.07) is 19.7. The quantitative estimate of drug-likeness (QED) is 0.270. The molecule has 0 aliphatic heterocycles. The maximum Gasteiger partial charge on any atom is 0.343 e. The monoisotopic (exact) mass is 404 g/mol. The minimum atomic E-state index is -0.539. The number of nitrogens with one attached hydrogen (secondary N) is 1. The fraction of sp³-hybridized carbons (Fsp3) is 0.0870. The predicted molar refractivity (Wildman–Crippen MR) is 112 cm³/mol. The van der Waals surface area contributed by atoms with Crippen LogP contribution in [-0.4, -0.2) is 29.8 Å². The molecule has 3 rings (SSSR count). The van der Waals surface area contributed by atoms with Crippen molar-refractivity contribution in [1.29, 1.82) is 0 Å². The molecule has 7 heteroatoms. The van der Waals surface area contributed by atoms with Gasteiger partial charge in [0, 0.05) is 0 Å². The highest BCUT2D eigenvalue weighted by Gasteiger charge is 2.13. The van der Waals surface area contributed by atoms with Crippen molar-refractivity contribution in [3.63, 3.8) is 0 Å². The van der Waals surface area contributed by atoms with E-state index in [1.165, 1.54) is 18.3 Å². The SMILES string of the molecule is CCOc1cc(/C=N\NC(=O)c2ccccc2O)ccc1OC(=O)c1ccccc1. The lowest BCUT2D eigenvalue weighted by Crippen LogP contribution is -2.17. The van der Waals surface area contributed by atoms with Crippen LogP contribution in [0, 0.1) is 0 Å². The van der Waals surface area contributed by atoms with Gasteiger partial charge in [-0.2, -0.15) is 5.10 Å². The molecule has 3 aromatic carbocycles. The molecule has 0 saturated carbocycles. The van der Waals surface area contributed by atoms with E-state index >= 15 is 0 Å². The first-order chi connectivity index (χ1) is 14.6. The number of hydrogen-bond donors (Lipinski definition) is 2. The highest BCUT2D eigenvalue weighted by Crippen LogP contribution is 2.29. The van der Waals surface area contributed by atoms with E-state index in [0.29, 0.717) is 23.5 Å². The zero-order valence-corrected chi connectivity index (χ0v) is 16.2. The number of hydrazone groups is 1. The molecule has 0 fully saturated rings. The zero-order chi connectivity index (χ0) is 21.3. The molecular formula is C23H20N2O5. The Morgan fingerprint density at radius 3 is 2.47 bits per heavy atom. The second-order valence-corrected chi connectivity index (χ2v) is 6.11. The van der Waals surface area contributed by atoms with Gasteiger partial charge in [-0.3, -0.25) is 4.79 Å². The summed E-state index contributed by atoms with van der Waals surface area (Å²) in [5, 5.41) is 13.6. The Labute approximate surface area is 173 Å². The molecule has 0 aliphatic rings. The zero-order valence-electron chi connectivity index (χ0n) is 16.2. The summed E-state index contributed by atoms with van der Waals surface area (Å²) in [5.74, 6) is -0.511. The maximum atomic E-state index is 12.3. The van der Waals surface area contributed by atoms with Crippen molar-refractivity contribution in [1.82, 2.24) is 5.43 Å². The van der Waals surface area contributed by atoms with Crippen molar-refractivity contribution in [3.8, 4) is 17.2 Å². The molecule has 0 unspecified atom stereocenters. The van der Waals surface area contributed by atoms with Crippen LogP contribution >= 0.6 is 0 Å². The van der Waals surface area contributed by atoms with Gasteiger partial charge in [-0.1, -0.05) is 30.3 Å². The third kappa shape index (κ3) is 5.23. The van der Waals surface area contributed by atoms with Crippen LogP contribution in [0.3, 0.4) is 0 Å². The summed E-state index contributed by atoms with van der Waals surface area (Å²) < 4.78 is 11.0. The van der Waals surface area contributed by atoms with E-state index in [9.17, 15) is 14.7 Å². The van der Waals surface area contributed by atoms with E-state index in [0.717, 1.165) is 0 Å². The van der Waals surface area contributed by atoms with Gasteiger partial charge in [-0.15, -0.1) is 0 Å². The van der Waals surface area contributed by atoms with Crippen LogP contribution in [0.4, 0.5) is 0 Å². The molecule has 152 valence electrons. The summed E-state index contributed by atoms with van der Waals surface area (Å²) >= 11 is 0. The predicted octanol–water partition coefficient (Wildman–Crippen LogP) is 3.77. The molecule has 2 N–H and O–H groups in total. The Kier molecular flexibility index (Phi) is 6.78. The van der Waals surface area contributed by atoms with E-state index in [2.05, 4.69) is 10.5 Å². The molecule has 0 spiro atoms. The molecule has 0 heterocycles. The van der Waals surface area contributed by atoms with Crippen LogP contribution in [0.2, 0.25) is 0 Å². The van der Waals surface area contributed by atoms with Gasteiger partial charge in [0.1, 0.15) is 5.75 Å². The smallest absolute Gasteiger partial charge is 0.343 e. The first-order valence-corrected chi connectivity index (χ1v) is 9.24. The van der Waals surface area contributed by atoms with Gasteiger partial charge in [-0.25, -0.2) is 10.2 Å². The minimum absolute atomic E-state index is 0.118. The average molecular weight is 404 g/mol. The van der Waals surface area contributed by atoms with Crippen molar-refractivity contribution >= 4 is 18.1 Å². The Morgan fingerprint density at radius 2 is 1.73 bits per heavy atom. The van der Waals surface area contributed by atoms with E-state index in [1.807, 2.05) is 13.0 Å². The number of amides is 1. The van der Waals surface area contributed by atoms with Gasteiger partial charge < -0.3 is 14.6 Å². The number of carbonyl (C=O) groups excluding carboxylic acids is 2. The molecule has 1 amide bonds. The molecule has 0 radical (unpaired) electrons. The number of rotatable bonds is 7. The number of ether oxygens (including phenoxy) is 2. The number of hydrogen-bond acceptors (Lipinski definition) is 6. The van der Waals surface area contributed by atoms with Gasteiger partial charge in [0.25, 0.3) is 5.91 Å². The van der Waals surface area contributed by atoms with Crippen molar-refractivity contribution in [2.45, 2.75) is 6.92 Å². The number of para-hydroxylation sites is 1. The summed E-state index contributed by atoms with van der Waals surface area (Å²) in [7, 11) is 0. The largest absolute Gasteiger partial charge is 0.507 e. The first-order valence-electron chi connectivity index (χ1n) is 9.24. The summed E-state index contributed by atoms with van der Waals surface area (Å²) in [4.78, 5) is 24.4. The lowest BCUT2D eigenvalue weighted by Gasteiger charge is -2.11. The lowest BCUT2D eigenvalue weighted by atomic mass is 10.2. The number of carbonyl (C=O) groups is 2.